The van der Waals surface area contributed by atoms with Crippen LogP contribution in [-0.2, 0) is 14.6 Å². The molecular formula is C18H26ClN3O3S. The molecule has 26 heavy (non-hydrogen) atoms. The van der Waals surface area contributed by atoms with Gasteiger partial charge in [0.15, 0.2) is 9.84 Å². The van der Waals surface area contributed by atoms with Crippen molar-refractivity contribution in [3.05, 3.63) is 29.3 Å². The highest BCUT2D eigenvalue weighted by Gasteiger charge is 2.35. The summed E-state index contributed by atoms with van der Waals surface area (Å²) in [5.41, 5.74) is 1.10. The minimum Gasteiger partial charge on any atom is -0.369 e. The lowest BCUT2D eigenvalue weighted by Gasteiger charge is -2.40. The van der Waals surface area contributed by atoms with E-state index < -0.39 is 9.84 Å². The van der Waals surface area contributed by atoms with Crippen LogP contribution < -0.4 is 4.90 Å². The predicted molar refractivity (Wildman–Crippen MR) is 105 cm³/mol. The first-order chi connectivity index (χ1) is 12.3. The maximum absolute atomic E-state index is 12.8. The van der Waals surface area contributed by atoms with Gasteiger partial charge in [0.05, 0.1) is 17.5 Å². The molecule has 1 amide bonds. The van der Waals surface area contributed by atoms with Crippen LogP contribution in [0.2, 0.25) is 5.02 Å². The second-order valence-electron chi connectivity index (χ2n) is 7.18. The number of rotatable bonds is 4. The molecule has 0 saturated carbocycles. The van der Waals surface area contributed by atoms with Crippen molar-refractivity contribution in [1.29, 1.82) is 0 Å². The number of piperazine rings is 1. The number of benzene rings is 1. The van der Waals surface area contributed by atoms with Gasteiger partial charge in [0.1, 0.15) is 0 Å². The molecule has 2 aliphatic heterocycles. The van der Waals surface area contributed by atoms with Gasteiger partial charge in [-0.25, -0.2) is 8.42 Å². The average molecular weight is 400 g/mol. The molecule has 2 saturated heterocycles. The zero-order valence-electron chi connectivity index (χ0n) is 15.3. The van der Waals surface area contributed by atoms with E-state index in [4.69, 9.17) is 11.6 Å². The van der Waals surface area contributed by atoms with Gasteiger partial charge in [-0.05, 0) is 31.5 Å². The Bertz CT molecular complexity index is 763. The molecule has 3 rings (SSSR count). The number of amides is 1. The fourth-order valence-corrected chi connectivity index (χ4v) is 5.71. The lowest BCUT2D eigenvalue weighted by atomic mass is 10.1. The lowest BCUT2D eigenvalue weighted by Crippen LogP contribution is -2.55. The van der Waals surface area contributed by atoms with Gasteiger partial charge in [-0.2, -0.15) is 0 Å². The first kappa shape index (κ1) is 19.5. The van der Waals surface area contributed by atoms with Crippen LogP contribution >= 0.6 is 11.6 Å². The van der Waals surface area contributed by atoms with Crippen molar-refractivity contribution in [2.24, 2.45) is 0 Å². The van der Waals surface area contributed by atoms with E-state index in [1.54, 1.807) is 11.9 Å². The van der Waals surface area contributed by atoms with Gasteiger partial charge in [-0.15, -0.1) is 0 Å². The molecule has 1 aromatic carbocycles. The van der Waals surface area contributed by atoms with Crippen LogP contribution in [0.25, 0.3) is 0 Å². The van der Waals surface area contributed by atoms with Crippen LogP contribution in [0.3, 0.4) is 0 Å². The van der Waals surface area contributed by atoms with E-state index in [0.29, 0.717) is 6.42 Å². The number of nitrogens with zero attached hydrogens (tertiary/aromatic N) is 3. The Morgan fingerprint density at radius 2 is 1.96 bits per heavy atom. The number of carbonyl (C=O) groups is 1. The molecule has 0 radical (unpaired) electrons. The van der Waals surface area contributed by atoms with Crippen LogP contribution in [0.4, 0.5) is 5.69 Å². The van der Waals surface area contributed by atoms with Crippen molar-refractivity contribution in [1.82, 2.24) is 9.80 Å². The summed E-state index contributed by atoms with van der Waals surface area (Å²) < 4.78 is 23.3. The summed E-state index contributed by atoms with van der Waals surface area (Å²) in [7, 11) is -1.26. The third-order valence-electron chi connectivity index (χ3n) is 5.50. The summed E-state index contributed by atoms with van der Waals surface area (Å²) in [6, 6.07) is 7.37. The Kier molecular flexibility index (Phi) is 5.79. The number of likely N-dealkylation sites (N-methyl/N-ethyl adjacent to an activating group) is 1. The Morgan fingerprint density at radius 3 is 2.54 bits per heavy atom. The molecule has 8 heteroatoms. The first-order valence-electron chi connectivity index (χ1n) is 8.98. The molecule has 0 aliphatic carbocycles. The molecule has 2 atom stereocenters. The third kappa shape index (κ3) is 4.32. The minimum absolute atomic E-state index is 0.00306. The highest BCUT2D eigenvalue weighted by atomic mass is 35.5. The Labute approximate surface area is 160 Å². The highest BCUT2D eigenvalue weighted by Crippen LogP contribution is 2.22. The number of anilines is 1. The summed E-state index contributed by atoms with van der Waals surface area (Å²) in [6.07, 6.45) is 0.542. The van der Waals surface area contributed by atoms with Gasteiger partial charge in [-0.1, -0.05) is 17.7 Å². The zero-order chi connectivity index (χ0) is 18.9. The standard InChI is InChI=1S/C18H26ClN3O3S/c1-14(18(23)20(2)17-6-11-26(24,25)13-17)21-7-9-22(10-8-21)16-5-3-4-15(19)12-16/h3-5,12,14,17H,6-11,13H2,1-2H3/t14-,17-/m1/s1. The summed E-state index contributed by atoms with van der Waals surface area (Å²) in [4.78, 5) is 18.9. The molecule has 0 unspecified atom stereocenters. The summed E-state index contributed by atoms with van der Waals surface area (Å²) in [5, 5.41) is 0.724. The maximum Gasteiger partial charge on any atom is 0.239 e. The van der Waals surface area contributed by atoms with Crippen molar-refractivity contribution in [2.75, 3.05) is 49.6 Å². The molecule has 6 nitrogen and oxygen atoms in total. The molecule has 0 spiro atoms. The van der Waals surface area contributed by atoms with Gasteiger partial charge in [0, 0.05) is 50.0 Å². The average Bonchev–Trinajstić information content (AvgIpc) is 3.00. The summed E-state index contributed by atoms with van der Waals surface area (Å²) >= 11 is 6.07. The first-order valence-corrected chi connectivity index (χ1v) is 11.2. The molecule has 2 aliphatic rings. The number of hydrogen-bond donors (Lipinski definition) is 0. The fourth-order valence-electron chi connectivity index (χ4n) is 3.75. The van der Waals surface area contributed by atoms with Gasteiger partial charge in [0.2, 0.25) is 5.91 Å². The SMILES string of the molecule is C[C@H](C(=O)N(C)[C@@H]1CCS(=O)(=O)C1)N1CCN(c2cccc(Cl)c2)CC1. The second-order valence-corrected chi connectivity index (χ2v) is 9.85. The number of halogens is 1. The van der Waals surface area contributed by atoms with E-state index >= 15 is 0 Å². The van der Waals surface area contributed by atoms with Crippen LogP contribution in [0, 0.1) is 0 Å². The normalized spacial score (nSPS) is 24.4. The van der Waals surface area contributed by atoms with E-state index in [1.165, 1.54) is 0 Å². The lowest BCUT2D eigenvalue weighted by molar-refractivity contribution is -0.136. The Balaban J connectivity index is 1.56. The predicted octanol–water partition coefficient (Wildman–Crippen LogP) is 1.50. The monoisotopic (exact) mass is 399 g/mol. The smallest absolute Gasteiger partial charge is 0.239 e. The fraction of sp³-hybridized carbons (Fsp3) is 0.611. The number of hydrogen-bond acceptors (Lipinski definition) is 5. The minimum atomic E-state index is -2.99. The number of carbonyl (C=O) groups excluding carboxylic acids is 1. The van der Waals surface area contributed by atoms with E-state index in [0.717, 1.165) is 36.9 Å². The zero-order valence-corrected chi connectivity index (χ0v) is 16.8. The van der Waals surface area contributed by atoms with Crippen molar-refractivity contribution < 1.29 is 13.2 Å². The Hall–Kier alpha value is -1.31. The second kappa shape index (κ2) is 7.74. The van der Waals surface area contributed by atoms with E-state index in [1.807, 2.05) is 31.2 Å². The van der Waals surface area contributed by atoms with Crippen LogP contribution in [0.5, 0.6) is 0 Å². The molecular weight excluding hydrogens is 374 g/mol. The molecule has 2 heterocycles. The molecule has 1 aromatic rings. The van der Waals surface area contributed by atoms with Gasteiger partial charge < -0.3 is 9.80 Å². The van der Waals surface area contributed by atoms with Gasteiger partial charge >= 0.3 is 0 Å². The van der Waals surface area contributed by atoms with Gasteiger partial charge in [-0.3, -0.25) is 9.69 Å². The van der Waals surface area contributed by atoms with Gasteiger partial charge in [0.25, 0.3) is 0 Å². The van der Waals surface area contributed by atoms with Crippen molar-refractivity contribution in [2.45, 2.75) is 25.4 Å². The van der Waals surface area contributed by atoms with E-state index in [2.05, 4.69) is 9.80 Å². The quantitative estimate of drug-likeness (QED) is 0.767. The summed E-state index contributed by atoms with van der Waals surface area (Å²) in [6.45, 7) is 5.16. The highest BCUT2D eigenvalue weighted by molar-refractivity contribution is 7.91. The van der Waals surface area contributed by atoms with Crippen molar-refractivity contribution in [3.63, 3.8) is 0 Å². The van der Waals surface area contributed by atoms with E-state index in [9.17, 15) is 13.2 Å². The molecule has 144 valence electrons. The largest absolute Gasteiger partial charge is 0.369 e. The molecule has 0 N–H and O–H groups in total. The Morgan fingerprint density at radius 1 is 1.27 bits per heavy atom. The maximum atomic E-state index is 12.8. The topological polar surface area (TPSA) is 60.9 Å². The van der Waals surface area contributed by atoms with E-state index in [-0.39, 0.29) is 29.5 Å². The molecule has 0 bridgehead atoms. The molecule has 0 aromatic heterocycles. The summed E-state index contributed by atoms with van der Waals surface area (Å²) in [5.74, 6) is 0.273. The van der Waals surface area contributed by atoms with Crippen LogP contribution in [0.1, 0.15) is 13.3 Å². The van der Waals surface area contributed by atoms with Crippen LogP contribution in [-0.4, -0.2) is 80.9 Å². The van der Waals surface area contributed by atoms with Crippen LogP contribution in [0.15, 0.2) is 24.3 Å². The molecule has 2 fully saturated rings. The number of sulfone groups is 1. The van der Waals surface area contributed by atoms with Crippen molar-refractivity contribution >= 4 is 33.0 Å². The third-order valence-corrected chi connectivity index (χ3v) is 7.48. The van der Waals surface area contributed by atoms with Crippen molar-refractivity contribution in [3.8, 4) is 0 Å².